The van der Waals surface area contributed by atoms with Crippen molar-refractivity contribution in [2.24, 2.45) is 24.6 Å². The number of anilines is 1. The summed E-state index contributed by atoms with van der Waals surface area (Å²) in [5.74, 6) is -2.22. The minimum atomic E-state index is -1.07. The number of nitrogens with one attached hydrogen (secondary N) is 3. The van der Waals surface area contributed by atoms with Gasteiger partial charge < -0.3 is 30.7 Å². The van der Waals surface area contributed by atoms with Gasteiger partial charge in [-0.05, 0) is 112 Å². The molecule has 5 N–H and O–H groups in total. The smallest absolute Gasteiger partial charge is 0.329 e. The van der Waals surface area contributed by atoms with E-state index in [1.165, 1.54) is 35.8 Å². The number of aryl methyl sites for hydroxylation is 1. The minimum Gasteiger partial charge on any atom is -0.494 e. The first-order valence-corrected chi connectivity index (χ1v) is 24.4. The summed E-state index contributed by atoms with van der Waals surface area (Å²) in [7, 11) is 3.18. The van der Waals surface area contributed by atoms with Crippen molar-refractivity contribution in [1.82, 2.24) is 30.6 Å². The molecule has 0 spiro atoms. The van der Waals surface area contributed by atoms with Gasteiger partial charge in [-0.25, -0.2) is 13.6 Å². The number of amides is 5. The van der Waals surface area contributed by atoms with E-state index in [1.54, 1.807) is 4.68 Å². The van der Waals surface area contributed by atoms with E-state index in [2.05, 4.69) is 38.1 Å². The zero-order chi connectivity index (χ0) is 48.6. The van der Waals surface area contributed by atoms with E-state index in [1.807, 2.05) is 50.4 Å². The molecule has 5 aromatic rings. The fourth-order valence-corrected chi connectivity index (χ4v) is 11.3. The Labute approximate surface area is 405 Å². The van der Waals surface area contributed by atoms with Gasteiger partial charge in [0.25, 0.3) is 0 Å². The highest BCUT2D eigenvalue weighted by molar-refractivity contribution is 6.34. The molecule has 14 nitrogen and oxygen atoms in total. The van der Waals surface area contributed by atoms with Crippen molar-refractivity contribution in [2.45, 2.75) is 82.3 Å². The number of rotatable bonds is 15. The third-order valence-corrected chi connectivity index (χ3v) is 15.3. The third kappa shape index (κ3) is 9.50. The van der Waals surface area contributed by atoms with Crippen LogP contribution in [0.2, 0.25) is 5.02 Å². The summed E-state index contributed by atoms with van der Waals surface area (Å²) in [5.41, 5.74) is 7.72. The molecule has 5 amide bonds. The lowest BCUT2D eigenvalue weighted by molar-refractivity contribution is -0.126. The van der Waals surface area contributed by atoms with Gasteiger partial charge in [0.05, 0.1) is 23.2 Å². The summed E-state index contributed by atoms with van der Waals surface area (Å²) < 4.78 is 45.7. The van der Waals surface area contributed by atoms with Crippen molar-refractivity contribution in [3.63, 3.8) is 0 Å². The number of imide groups is 1. The fraction of sp³-hybridized carbons (Fsp3) is 0.442. The molecule has 9 rings (SSSR count). The van der Waals surface area contributed by atoms with Crippen LogP contribution < -0.4 is 36.1 Å². The van der Waals surface area contributed by atoms with Crippen molar-refractivity contribution < 1.29 is 37.4 Å². The van der Waals surface area contributed by atoms with Gasteiger partial charge in [0.1, 0.15) is 11.6 Å². The first kappa shape index (κ1) is 47.9. The number of likely N-dealkylation sites (tertiary alicyclic amines) is 1. The molecule has 364 valence electrons. The van der Waals surface area contributed by atoms with Gasteiger partial charge in [0.2, 0.25) is 17.7 Å². The average Bonchev–Trinajstić information content (AvgIpc) is 3.82. The van der Waals surface area contributed by atoms with Crippen LogP contribution in [0.4, 0.5) is 19.4 Å². The molecule has 3 aliphatic heterocycles. The molecule has 1 saturated carbocycles. The lowest BCUT2D eigenvalue weighted by atomic mass is 9.77. The summed E-state index contributed by atoms with van der Waals surface area (Å²) in [6.45, 7) is 6.14. The van der Waals surface area contributed by atoms with Gasteiger partial charge in [0, 0.05) is 79.1 Å². The number of urea groups is 1. The number of nitrogens with zero attached hydrogens (tertiary/aromatic N) is 4. The Hall–Kier alpha value is -6.10. The largest absolute Gasteiger partial charge is 0.494 e. The number of fused-ring (bicyclic) bond motifs is 2. The van der Waals surface area contributed by atoms with Crippen LogP contribution in [0.25, 0.3) is 22.0 Å². The van der Waals surface area contributed by atoms with E-state index in [4.69, 9.17) is 26.8 Å². The van der Waals surface area contributed by atoms with Crippen molar-refractivity contribution in [3.8, 4) is 22.6 Å². The number of piperidine rings is 1. The fourth-order valence-electron chi connectivity index (χ4n) is 11.0. The van der Waals surface area contributed by atoms with Crippen LogP contribution in [0.5, 0.6) is 11.5 Å². The van der Waals surface area contributed by atoms with E-state index >= 15 is 8.78 Å². The number of carbonyl (C=O) groups excluding carboxylic acids is 4. The molecule has 1 aliphatic carbocycles. The molecule has 17 heteroatoms. The number of hydrogen-bond acceptors (Lipinski definition) is 9. The van der Waals surface area contributed by atoms with E-state index in [0.29, 0.717) is 36.9 Å². The van der Waals surface area contributed by atoms with Crippen molar-refractivity contribution in [2.75, 3.05) is 51.3 Å². The number of ether oxygens (including phenoxy) is 2. The molecule has 4 heterocycles. The zero-order valence-electron chi connectivity index (χ0n) is 39.2. The maximum Gasteiger partial charge on any atom is 0.329 e. The number of hydrogen-bond donors (Lipinski definition) is 4. The standard InChI is InChI=1S/C52H59ClF2N8O6/c1-30-43-41(28-38(54)46(53)45(43)44-37(48(56)65)16-17-40(68-3)47(44)55)69-52(30,34-8-5-4-6-9-34)29-58-35-13-11-33(12-14-35)50(66)57-21-7-22-62-23-18-31(19-24-62)26-32-10-15-36-39(27-32)61(2)60-49(36)63-25-20-42(64)59-51(63)67/h4-6,8-10,15-17,27-28,30-31,33,35,58H,7,11-14,18-26,29H2,1-3H3,(H2,56,65)(H,57,66)(H,59,64,67). The molecule has 2 saturated heterocycles. The van der Waals surface area contributed by atoms with Gasteiger partial charge in [-0.15, -0.1) is 0 Å². The molecule has 0 radical (unpaired) electrons. The predicted octanol–water partition coefficient (Wildman–Crippen LogP) is 7.73. The van der Waals surface area contributed by atoms with Gasteiger partial charge >= 0.3 is 6.03 Å². The molecule has 1 aromatic heterocycles. The van der Waals surface area contributed by atoms with E-state index < -0.39 is 35.1 Å². The van der Waals surface area contributed by atoms with Crippen LogP contribution in [0, 0.1) is 23.5 Å². The average molecular weight is 966 g/mol. The molecular formula is C52H59ClF2N8O6. The van der Waals surface area contributed by atoms with Crippen LogP contribution in [-0.4, -0.2) is 90.9 Å². The Balaban J connectivity index is 0.754. The summed E-state index contributed by atoms with van der Waals surface area (Å²) >= 11 is 6.68. The first-order valence-electron chi connectivity index (χ1n) is 24.0. The second kappa shape index (κ2) is 20.1. The summed E-state index contributed by atoms with van der Waals surface area (Å²) in [6, 6.07) is 19.4. The van der Waals surface area contributed by atoms with E-state index in [9.17, 15) is 19.2 Å². The van der Waals surface area contributed by atoms with Crippen LogP contribution >= 0.6 is 11.6 Å². The van der Waals surface area contributed by atoms with Crippen LogP contribution in [0.1, 0.15) is 91.3 Å². The number of primary amides is 1. The lowest BCUT2D eigenvalue weighted by Gasteiger charge is -2.37. The molecular weight excluding hydrogens is 906 g/mol. The van der Waals surface area contributed by atoms with Gasteiger partial charge in [0.15, 0.2) is 23.0 Å². The van der Waals surface area contributed by atoms with Crippen molar-refractivity contribution in [1.29, 1.82) is 0 Å². The predicted molar refractivity (Wildman–Crippen MR) is 259 cm³/mol. The van der Waals surface area contributed by atoms with E-state index in [-0.39, 0.29) is 63.4 Å². The number of carbonyl (C=O) groups is 4. The second-order valence-corrected chi connectivity index (χ2v) is 19.4. The number of benzene rings is 4. The third-order valence-electron chi connectivity index (χ3n) is 14.9. The zero-order valence-corrected chi connectivity index (χ0v) is 40.0. The first-order chi connectivity index (χ1) is 33.3. The Morgan fingerprint density at radius 3 is 2.45 bits per heavy atom. The van der Waals surface area contributed by atoms with Gasteiger partial charge in [-0.1, -0.05) is 54.9 Å². The maximum atomic E-state index is 16.2. The van der Waals surface area contributed by atoms with Crippen LogP contribution in [0.15, 0.2) is 66.7 Å². The Bertz CT molecular complexity index is 2770. The number of aromatic nitrogens is 2. The van der Waals surface area contributed by atoms with Crippen LogP contribution in [-0.2, 0) is 28.7 Å². The van der Waals surface area contributed by atoms with Crippen LogP contribution in [0.3, 0.4) is 0 Å². The number of methoxy groups -OCH3 is 1. The van der Waals surface area contributed by atoms with E-state index in [0.717, 1.165) is 87.5 Å². The lowest BCUT2D eigenvalue weighted by Crippen LogP contribution is -2.49. The highest BCUT2D eigenvalue weighted by Crippen LogP contribution is 2.56. The van der Waals surface area contributed by atoms with Crippen molar-refractivity contribution >= 4 is 52.1 Å². The Kier molecular flexibility index (Phi) is 14.0. The second-order valence-electron chi connectivity index (χ2n) is 19.0. The highest BCUT2D eigenvalue weighted by Gasteiger charge is 2.50. The topological polar surface area (TPSA) is 173 Å². The molecule has 4 aliphatic rings. The molecule has 2 atom stereocenters. The Morgan fingerprint density at radius 1 is 0.986 bits per heavy atom. The summed E-state index contributed by atoms with van der Waals surface area (Å²) in [4.78, 5) is 54.2. The molecule has 2 unspecified atom stereocenters. The number of nitrogens with two attached hydrogens (primary N) is 1. The molecule has 0 bridgehead atoms. The monoisotopic (exact) mass is 964 g/mol. The van der Waals surface area contributed by atoms with Crippen molar-refractivity contribution in [3.05, 3.63) is 106 Å². The Morgan fingerprint density at radius 2 is 1.74 bits per heavy atom. The SMILES string of the molecule is COc1ccc(C(N)=O)c(-c2c(Cl)c(F)cc3c2C(C)C(CNC2CCC(C(=O)NCCCN4CCC(Cc5ccc6c(N7CCC(=O)NC7=O)nn(C)c6c5)CC4)CC2)(c2ccccc2)O3)c1F. The quantitative estimate of drug-likeness (QED) is 0.0767. The number of halogens is 3. The summed E-state index contributed by atoms with van der Waals surface area (Å²) in [6.07, 6.45) is 7.31. The summed E-state index contributed by atoms with van der Waals surface area (Å²) in [5, 5.41) is 14.5. The maximum absolute atomic E-state index is 16.2. The minimum absolute atomic E-state index is 0.00468. The molecule has 69 heavy (non-hydrogen) atoms. The molecule has 4 aromatic carbocycles. The highest BCUT2D eigenvalue weighted by atomic mass is 35.5. The molecule has 3 fully saturated rings. The normalized spacial score (nSPS) is 22.1. The van der Waals surface area contributed by atoms with Gasteiger partial charge in [-0.2, -0.15) is 5.10 Å². The van der Waals surface area contributed by atoms with Gasteiger partial charge in [-0.3, -0.25) is 29.3 Å².